The van der Waals surface area contributed by atoms with Crippen molar-refractivity contribution in [2.75, 3.05) is 5.32 Å². The van der Waals surface area contributed by atoms with Gasteiger partial charge in [-0.25, -0.2) is 14.4 Å². The van der Waals surface area contributed by atoms with E-state index in [4.69, 9.17) is 22.7 Å². The Morgan fingerprint density at radius 3 is 2.57 bits per heavy atom. The van der Waals surface area contributed by atoms with Gasteiger partial charge >= 0.3 is 0 Å². The van der Waals surface area contributed by atoms with Crippen molar-refractivity contribution in [2.24, 2.45) is 5.73 Å². The lowest BCUT2D eigenvalue weighted by atomic mass is 10.1. The molecular formula is C20H16FN5O3S. The number of hydrogen-bond acceptors (Lipinski definition) is 6. The molecule has 0 atom stereocenters. The van der Waals surface area contributed by atoms with E-state index in [-0.39, 0.29) is 34.8 Å². The number of nitrogens with one attached hydrogen (secondary N) is 2. The number of anilines is 1. The summed E-state index contributed by atoms with van der Waals surface area (Å²) in [5.74, 6) is -1.94. The molecule has 4 N–H and O–H groups in total. The molecule has 0 aliphatic heterocycles. The average molecular weight is 425 g/mol. The second kappa shape index (κ2) is 9.52. The molecule has 1 aromatic heterocycles. The fourth-order valence-electron chi connectivity index (χ4n) is 2.42. The zero-order chi connectivity index (χ0) is 21.5. The highest BCUT2D eigenvalue weighted by Gasteiger charge is 2.11. The summed E-state index contributed by atoms with van der Waals surface area (Å²) in [4.78, 5) is 30.7. The van der Waals surface area contributed by atoms with Crippen LogP contribution in [0.2, 0.25) is 0 Å². The van der Waals surface area contributed by atoms with Crippen LogP contribution in [0.4, 0.5) is 10.1 Å². The van der Waals surface area contributed by atoms with E-state index in [1.54, 1.807) is 0 Å². The highest BCUT2D eigenvalue weighted by molar-refractivity contribution is 7.80. The SMILES string of the molecule is NC(=O)c1cc(Oc2ccc(NC(=S)NC(=O)Cc3ccccc3)cc2F)ncn1. The maximum absolute atomic E-state index is 14.4. The second-order valence-corrected chi connectivity index (χ2v) is 6.43. The Hall–Kier alpha value is -3.92. The van der Waals surface area contributed by atoms with Gasteiger partial charge in [-0.2, -0.15) is 0 Å². The van der Waals surface area contributed by atoms with Crippen molar-refractivity contribution in [3.63, 3.8) is 0 Å². The fourth-order valence-corrected chi connectivity index (χ4v) is 2.65. The maximum Gasteiger partial charge on any atom is 0.267 e. The quantitative estimate of drug-likeness (QED) is 0.519. The van der Waals surface area contributed by atoms with Crippen molar-refractivity contribution in [1.29, 1.82) is 0 Å². The highest BCUT2D eigenvalue weighted by Crippen LogP contribution is 2.25. The fraction of sp³-hybridized carbons (Fsp3) is 0.0500. The van der Waals surface area contributed by atoms with E-state index in [2.05, 4.69) is 20.6 Å². The van der Waals surface area contributed by atoms with Crippen LogP contribution in [-0.4, -0.2) is 26.9 Å². The molecular weight excluding hydrogens is 409 g/mol. The normalized spacial score (nSPS) is 10.2. The summed E-state index contributed by atoms with van der Waals surface area (Å²) in [6.45, 7) is 0. The lowest BCUT2D eigenvalue weighted by molar-refractivity contribution is -0.119. The van der Waals surface area contributed by atoms with Gasteiger partial charge < -0.3 is 21.1 Å². The molecule has 0 saturated carbocycles. The van der Waals surface area contributed by atoms with Gasteiger partial charge in [-0.05, 0) is 29.9 Å². The van der Waals surface area contributed by atoms with Crippen LogP contribution in [0.15, 0.2) is 60.9 Å². The standard InChI is InChI=1S/C20H16FN5O3S/c21-14-9-13(25-20(30)26-17(27)8-12-4-2-1-3-5-12)6-7-16(14)29-18-10-15(19(22)28)23-11-24-18/h1-7,9-11H,8H2,(H2,22,28)(H2,25,26,27,30). The molecule has 0 saturated heterocycles. The number of aromatic nitrogens is 2. The van der Waals surface area contributed by atoms with Crippen LogP contribution in [0.5, 0.6) is 11.6 Å². The first kappa shape index (κ1) is 20.8. The van der Waals surface area contributed by atoms with Gasteiger partial charge in [0.15, 0.2) is 16.7 Å². The van der Waals surface area contributed by atoms with Crippen molar-refractivity contribution < 1.29 is 18.7 Å². The Balaban J connectivity index is 1.59. The summed E-state index contributed by atoms with van der Waals surface area (Å²) in [5.41, 5.74) is 6.23. The molecule has 0 spiro atoms. The molecule has 2 aromatic carbocycles. The van der Waals surface area contributed by atoms with Gasteiger partial charge in [-0.3, -0.25) is 9.59 Å². The van der Waals surface area contributed by atoms with Crippen LogP contribution in [0.1, 0.15) is 16.1 Å². The molecule has 152 valence electrons. The number of carbonyl (C=O) groups is 2. The van der Waals surface area contributed by atoms with Crippen LogP contribution in [0.3, 0.4) is 0 Å². The Labute approximate surface area is 176 Å². The minimum atomic E-state index is -0.759. The Morgan fingerprint density at radius 2 is 1.87 bits per heavy atom. The van der Waals surface area contributed by atoms with Gasteiger partial charge in [0, 0.05) is 17.8 Å². The van der Waals surface area contributed by atoms with E-state index in [1.165, 1.54) is 18.2 Å². The van der Waals surface area contributed by atoms with Crippen molar-refractivity contribution in [1.82, 2.24) is 15.3 Å². The predicted molar refractivity (Wildman–Crippen MR) is 112 cm³/mol. The first-order valence-corrected chi connectivity index (χ1v) is 9.05. The van der Waals surface area contributed by atoms with E-state index >= 15 is 0 Å². The number of rotatable bonds is 6. The zero-order valence-corrected chi connectivity index (χ0v) is 16.3. The van der Waals surface area contributed by atoms with Gasteiger partial charge in [0.2, 0.25) is 11.8 Å². The summed E-state index contributed by atoms with van der Waals surface area (Å²) in [6.07, 6.45) is 1.25. The van der Waals surface area contributed by atoms with E-state index < -0.39 is 11.7 Å². The molecule has 10 heteroatoms. The second-order valence-electron chi connectivity index (χ2n) is 6.02. The van der Waals surface area contributed by atoms with Crippen LogP contribution < -0.4 is 21.1 Å². The molecule has 3 rings (SSSR count). The van der Waals surface area contributed by atoms with Crippen molar-refractivity contribution >= 4 is 34.8 Å². The van der Waals surface area contributed by atoms with E-state index in [0.717, 1.165) is 18.0 Å². The first-order valence-electron chi connectivity index (χ1n) is 8.65. The molecule has 1 heterocycles. The maximum atomic E-state index is 14.4. The molecule has 3 aromatic rings. The molecule has 2 amide bonds. The number of carbonyl (C=O) groups excluding carboxylic acids is 2. The smallest absolute Gasteiger partial charge is 0.267 e. The van der Waals surface area contributed by atoms with E-state index in [9.17, 15) is 14.0 Å². The van der Waals surface area contributed by atoms with Crippen molar-refractivity contribution in [2.45, 2.75) is 6.42 Å². The average Bonchev–Trinajstić information content (AvgIpc) is 2.71. The Morgan fingerprint density at radius 1 is 1.10 bits per heavy atom. The summed E-state index contributed by atoms with van der Waals surface area (Å²) >= 11 is 5.09. The Kier molecular flexibility index (Phi) is 6.60. The largest absolute Gasteiger partial charge is 0.436 e. The highest BCUT2D eigenvalue weighted by atomic mass is 32.1. The third-order valence-corrected chi connectivity index (χ3v) is 3.96. The number of nitrogens with zero attached hydrogens (tertiary/aromatic N) is 2. The van der Waals surface area contributed by atoms with Crippen LogP contribution in [0, 0.1) is 5.82 Å². The van der Waals surface area contributed by atoms with E-state index in [1.807, 2.05) is 30.3 Å². The molecule has 0 radical (unpaired) electrons. The number of benzene rings is 2. The molecule has 0 bridgehead atoms. The number of amides is 2. The number of nitrogens with two attached hydrogens (primary N) is 1. The summed E-state index contributed by atoms with van der Waals surface area (Å²) in [7, 11) is 0. The van der Waals surface area contributed by atoms with Crippen LogP contribution >= 0.6 is 12.2 Å². The third-order valence-electron chi connectivity index (χ3n) is 3.76. The van der Waals surface area contributed by atoms with Gasteiger partial charge in [0.25, 0.3) is 5.91 Å². The van der Waals surface area contributed by atoms with Gasteiger partial charge in [-0.1, -0.05) is 30.3 Å². The number of ether oxygens (including phenoxy) is 1. The first-order chi connectivity index (χ1) is 14.4. The number of hydrogen-bond donors (Lipinski definition) is 3. The molecule has 0 fully saturated rings. The summed E-state index contributed by atoms with van der Waals surface area (Å²) in [5, 5.41) is 5.30. The van der Waals surface area contributed by atoms with Crippen LogP contribution in [-0.2, 0) is 11.2 Å². The summed E-state index contributed by atoms with van der Waals surface area (Å²) < 4.78 is 19.7. The number of primary amides is 1. The van der Waals surface area contributed by atoms with Gasteiger partial charge in [-0.15, -0.1) is 0 Å². The minimum Gasteiger partial charge on any atom is -0.436 e. The molecule has 0 unspecified atom stereocenters. The molecule has 8 nitrogen and oxygen atoms in total. The Bertz CT molecular complexity index is 1090. The minimum absolute atomic E-state index is 0.0332. The van der Waals surface area contributed by atoms with Crippen LogP contribution in [0.25, 0.3) is 0 Å². The molecule has 0 aliphatic carbocycles. The predicted octanol–water partition coefficient (Wildman–Crippen LogP) is 2.56. The number of halogens is 1. The van der Waals surface area contributed by atoms with Crippen molar-refractivity contribution in [3.05, 3.63) is 78.0 Å². The third kappa shape index (κ3) is 5.79. The lowest BCUT2D eigenvalue weighted by Gasteiger charge is -2.11. The van der Waals surface area contributed by atoms with Crippen molar-refractivity contribution in [3.8, 4) is 11.6 Å². The lowest BCUT2D eigenvalue weighted by Crippen LogP contribution is -2.35. The topological polar surface area (TPSA) is 119 Å². The van der Waals surface area contributed by atoms with Gasteiger partial charge in [0.1, 0.15) is 12.0 Å². The number of thiocarbonyl (C=S) groups is 1. The molecule has 30 heavy (non-hydrogen) atoms. The van der Waals surface area contributed by atoms with E-state index in [0.29, 0.717) is 5.69 Å². The molecule has 0 aliphatic rings. The summed E-state index contributed by atoms with van der Waals surface area (Å²) in [6, 6.07) is 14.4. The van der Waals surface area contributed by atoms with Gasteiger partial charge in [0.05, 0.1) is 6.42 Å². The monoisotopic (exact) mass is 425 g/mol. The zero-order valence-electron chi connectivity index (χ0n) is 15.5.